The van der Waals surface area contributed by atoms with Gasteiger partial charge in [0.15, 0.2) is 0 Å². The molecule has 0 radical (unpaired) electrons. The Morgan fingerprint density at radius 3 is 2.53 bits per heavy atom. The number of hydrogen-bond donors (Lipinski definition) is 1. The van der Waals surface area contributed by atoms with Crippen molar-refractivity contribution in [2.24, 2.45) is 0 Å². The van der Waals surface area contributed by atoms with Gasteiger partial charge in [-0.15, -0.1) is 0 Å². The topological polar surface area (TPSA) is 35.2 Å². The number of allylic oxidation sites excluding steroid dienone is 1. The van der Waals surface area contributed by atoms with Crippen LogP contribution in [0.3, 0.4) is 0 Å². The molecular formula is C12H14F3NO. The highest BCUT2D eigenvalue weighted by Crippen LogP contribution is 2.37. The fraction of sp³-hybridized carbons (Fsp3) is 0.333. The molecule has 0 aromatic heterocycles. The zero-order chi connectivity index (χ0) is 13.1. The summed E-state index contributed by atoms with van der Waals surface area (Å²) in [6.07, 6.45) is -2.76. The summed E-state index contributed by atoms with van der Waals surface area (Å²) in [5, 5.41) is 0. The van der Waals surface area contributed by atoms with E-state index in [1.54, 1.807) is 6.08 Å². The van der Waals surface area contributed by atoms with Crippen LogP contribution in [-0.2, 0) is 6.18 Å². The maximum atomic E-state index is 12.7. The Morgan fingerprint density at radius 1 is 1.35 bits per heavy atom. The summed E-state index contributed by atoms with van der Waals surface area (Å²) in [6, 6.07) is 3.49. The van der Waals surface area contributed by atoms with Gasteiger partial charge in [0.25, 0.3) is 0 Å². The Bertz CT molecular complexity index is 420. The van der Waals surface area contributed by atoms with E-state index in [4.69, 9.17) is 10.5 Å². The number of rotatable bonds is 3. The molecule has 5 heteroatoms. The van der Waals surface area contributed by atoms with Crippen molar-refractivity contribution >= 4 is 5.69 Å². The number of halogens is 3. The first-order valence-electron chi connectivity index (χ1n) is 5.03. The van der Waals surface area contributed by atoms with Gasteiger partial charge >= 0.3 is 6.18 Å². The molecule has 0 bridgehead atoms. The second-order valence-electron chi connectivity index (χ2n) is 3.85. The second-order valence-corrected chi connectivity index (χ2v) is 3.85. The molecule has 0 aliphatic heterocycles. The first-order valence-corrected chi connectivity index (χ1v) is 5.03. The zero-order valence-electron chi connectivity index (χ0n) is 9.64. The molecule has 1 aromatic rings. The molecule has 0 saturated heterocycles. The largest absolute Gasteiger partial charge is 0.489 e. The van der Waals surface area contributed by atoms with Gasteiger partial charge in [-0.3, -0.25) is 0 Å². The van der Waals surface area contributed by atoms with E-state index in [0.29, 0.717) is 0 Å². The molecule has 0 fully saturated rings. The molecule has 0 heterocycles. The van der Waals surface area contributed by atoms with Gasteiger partial charge in [-0.25, -0.2) is 0 Å². The lowest BCUT2D eigenvalue weighted by molar-refractivity contribution is -0.138. The summed E-state index contributed by atoms with van der Waals surface area (Å²) in [6.45, 7) is 3.79. The number of hydrogen-bond acceptors (Lipinski definition) is 2. The summed E-state index contributed by atoms with van der Waals surface area (Å²) >= 11 is 0. The van der Waals surface area contributed by atoms with Crippen LogP contribution in [-0.4, -0.2) is 6.61 Å². The predicted molar refractivity (Wildman–Crippen MR) is 60.8 cm³/mol. The van der Waals surface area contributed by atoms with Gasteiger partial charge in [0.05, 0.1) is 5.56 Å². The van der Waals surface area contributed by atoms with Crippen molar-refractivity contribution in [1.29, 1.82) is 0 Å². The third-order valence-corrected chi connectivity index (χ3v) is 2.04. The van der Waals surface area contributed by atoms with Crippen molar-refractivity contribution in [3.8, 4) is 5.75 Å². The molecule has 0 atom stereocenters. The van der Waals surface area contributed by atoms with Crippen LogP contribution >= 0.6 is 0 Å². The lowest BCUT2D eigenvalue weighted by Crippen LogP contribution is -2.09. The summed E-state index contributed by atoms with van der Waals surface area (Å²) in [5.41, 5.74) is 5.53. The minimum atomic E-state index is -4.46. The average molecular weight is 245 g/mol. The number of nitrogens with two attached hydrogens (primary N) is 1. The first-order chi connectivity index (χ1) is 7.80. The molecule has 0 aliphatic rings. The van der Waals surface area contributed by atoms with Crippen LogP contribution in [0.5, 0.6) is 5.75 Å². The van der Waals surface area contributed by atoms with Crippen molar-refractivity contribution in [2.45, 2.75) is 20.0 Å². The Labute approximate surface area is 97.9 Å². The smallest absolute Gasteiger partial charge is 0.420 e. The lowest BCUT2D eigenvalue weighted by atomic mass is 10.1. The molecule has 0 saturated carbocycles. The van der Waals surface area contributed by atoms with Gasteiger partial charge in [0, 0.05) is 5.69 Å². The fourth-order valence-corrected chi connectivity index (χ4v) is 1.19. The minimum Gasteiger partial charge on any atom is -0.489 e. The third kappa shape index (κ3) is 4.01. The maximum absolute atomic E-state index is 12.7. The van der Waals surface area contributed by atoms with Crippen LogP contribution in [0.25, 0.3) is 0 Å². The fourth-order valence-electron chi connectivity index (χ4n) is 1.19. The van der Waals surface area contributed by atoms with Gasteiger partial charge in [-0.05, 0) is 38.1 Å². The summed E-state index contributed by atoms with van der Waals surface area (Å²) in [4.78, 5) is 0. The van der Waals surface area contributed by atoms with Crippen molar-refractivity contribution < 1.29 is 17.9 Å². The van der Waals surface area contributed by atoms with Crippen LogP contribution in [0.15, 0.2) is 29.8 Å². The highest BCUT2D eigenvalue weighted by Gasteiger charge is 2.34. The van der Waals surface area contributed by atoms with Crippen LogP contribution in [0, 0.1) is 0 Å². The van der Waals surface area contributed by atoms with E-state index >= 15 is 0 Å². The third-order valence-electron chi connectivity index (χ3n) is 2.04. The maximum Gasteiger partial charge on any atom is 0.420 e. The van der Waals surface area contributed by atoms with E-state index in [0.717, 1.165) is 11.6 Å². The van der Waals surface area contributed by atoms with Crippen molar-refractivity contribution in [3.05, 3.63) is 35.4 Å². The van der Waals surface area contributed by atoms with E-state index in [1.807, 2.05) is 13.8 Å². The van der Waals surface area contributed by atoms with Gasteiger partial charge in [-0.1, -0.05) is 5.57 Å². The Hall–Kier alpha value is -1.65. The van der Waals surface area contributed by atoms with Crippen molar-refractivity contribution in [3.63, 3.8) is 0 Å². The Morgan fingerprint density at radius 2 is 2.00 bits per heavy atom. The van der Waals surface area contributed by atoms with Crippen molar-refractivity contribution in [1.82, 2.24) is 0 Å². The summed E-state index contributed by atoms with van der Waals surface area (Å²) in [7, 11) is 0. The van der Waals surface area contributed by atoms with E-state index in [9.17, 15) is 13.2 Å². The van der Waals surface area contributed by atoms with Crippen LogP contribution in [0.2, 0.25) is 0 Å². The van der Waals surface area contributed by atoms with Crippen LogP contribution in [0.1, 0.15) is 19.4 Å². The predicted octanol–water partition coefficient (Wildman–Crippen LogP) is 3.63. The van der Waals surface area contributed by atoms with E-state index < -0.39 is 11.7 Å². The lowest BCUT2D eigenvalue weighted by Gasteiger charge is -2.13. The zero-order valence-corrected chi connectivity index (χ0v) is 9.64. The van der Waals surface area contributed by atoms with Crippen molar-refractivity contribution in [2.75, 3.05) is 12.3 Å². The standard InChI is InChI=1S/C12H14F3NO/c1-8(2)5-6-17-11-4-3-9(16)7-10(11)12(13,14)15/h3-5,7H,6,16H2,1-2H3. The van der Waals surface area contributed by atoms with Crippen LogP contribution < -0.4 is 10.5 Å². The highest BCUT2D eigenvalue weighted by molar-refractivity contribution is 5.49. The molecule has 17 heavy (non-hydrogen) atoms. The van der Waals surface area contributed by atoms with Crippen LogP contribution in [0.4, 0.5) is 18.9 Å². The number of ether oxygens (including phenoxy) is 1. The van der Waals surface area contributed by atoms with E-state index in [-0.39, 0.29) is 18.0 Å². The number of benzene rings is 1. The quantitative estimate of drug-likeness (QED) is 0.652. The molecule has 1 rings (SSSR count). The minimum absolute atomic E-state index is 0.0619. The molecular weight excluding hydrogens is 231 g/mol. The molecule has 2 nitrogen and oxygen atoms in total. The molecule has 2 N–H and O–H groups in total. The summed E-state index contributed by atoms with van der Waals surface area (Å²) < 4.78 is 43.1. The molecule has 0 amide bonds. The molecule has 0 unspecified atom stereocenters. The normalized spacial score (nSPS) is 11.1. The Kier molecular flexibility index (Phi) is 4.04. The van der Waals surface area contributed by atoms with E-state index in [2.05, 4.69) is 0 Å². The summed E-state index contributed by atoms with van der Waals surface area (Å²) in [5.74, 6) is -0.204. The van der Waals surface area contributed by atoms with Gasteiger partial charge in [0.1, 0.15) is 12.4 Å². The van der Waals surface area contributed by atoms with Gasteiger partial charge in [0.2, 0.25) is 0 Å². The van der Waals surface area contributed by atoms with E-state index in [1.165, 1.54) is 12.1 Å². The molecule has 0 spiro atoms. The molecule has 1 aromatic carbocycles. The SMILES string of the molecule is CC(C)=CCOc1ccc(N)cc1C(F)(F)F. The Balaban J connectivity index is 2.95. The highest BCUT2D eigenvalue weighted by atomic mass is 19.4. The van der Waals surface area contributed by atoms with Gasteiger partial charge < -0.3 is 10.5 Å². The number of anilines is 1. The molecule has 0 aliphatic carbocycles. The second kappa shape index (κ2) is 5.12. The first kappa shape index (κ1) is 13.4. The molecule has 94 valence electrons. The van der Waals surface area contributed by atoms with Gasteiger partial charge in [-0.2, -0.15) is 13.2 Å². The number of nitrogen functional groups attached to an aromatic ring is 1. The monoisotopic (exact) mass is 245 g/mol. The number of alkyl halides is 3. The average Bonchev–Trinajstić information content (AvgIpc) is 2.18.